The number of nitrogens with two attached hydrogens (primary N) is 1. The van der Waals surface area contributed by atoms with Crippen molar-refractivity contribution in [1.82, 2.24) is 5.32 Å². The van der Waals surface area contributed by atoms with Crippen molar-refractivity contribution in [2.45, 2.75) is 31.8 Å². The van der Waals surface area contributed by atoms with Crippen molar-refractivity contribution >= 4 is 17.7 Å². The van der Waals surface area contributed by atoms with Gasteiger partial charge in [-0.05, 0) is 35.5 Å². The zero-order valence-electron chi connectivity index (χ0n) is 10.5. The Balaban J connectivity index is 1.90. The van der Waals surface area contributed by atoms with Gasteiger partial charge in [0.05, 0.1) is 6.42 Å². The predicted octanol–water partition coefficient (Wildman–Crippen LogP) is 1.70. The Morgan fingerprint density at radius 2 is 1.94 bits per heavy atom. The van der Waals surface area contributed by atoms with Crippen LogP contribution in [0.4, 0.5) is 0 Å². The third kappa shape index (κ3) is 3.75. The maximum absolute atomic E-state index is 12.0. The molecular formula is C14H20N2OS. The van der Waals surface area contributed by atoms with E-state index in [9.17, 15) is 4.79 Å². The lowest BCUT2D eigenvalue weighted by Gasteiger charge is -2.22. The second kappa shape index (κ2) is 6.81. The number of thioether (sulfide) groups is 1. The van der Waals surface area contributed by atoms with Crippen LogP contribution in [-0.4, -0.2) is 23.5 Å². The topological polar surface area (TPSA) is 55.1 Å². The highest BCUT2D eigenvalue weighted by Crippen LogP contribution is 2.17. The molecule has 98 valence electrons. The van der Waals surface area contributed by atoms with E-state index in [1.807, 2.05) is 36.0 Å². The van der Waals surface area contributed by atoms with E-state index in [4.69, 9.17) is 5.73 Å². The molecule has 1 aromatic carbocycles. The number of amides is 1. The molecule has 0 unspecified atom stereocenters. The summed E-state index contributed by atoms with van der Waals surface area (Å²) in [6.45, 7) is 0.490. The summed E-state index contributed by atoms with van der Waals surface area (Å²) in [7, 11) is 0. The van der Waals surface area contributed by atoms with Gasteiger partial charge in [-0.2, -0.15) is 11.8 Å². The Morgan fingerprint density at radius 3 is 2.61 bits per heavy atom. The average molecular weight is 264 g/mol. The van der Waals surface area contributed by atoms with E-state index in [0.717, 1.165) is 35.5 Å². The van der Waals surface area contributed by atoms with Crippen molar-refractivity contribution in [2.75, 3.05) is 11.5 Å². The van der Waals surface area contributed by atoms with Gasteiger partial charge in [0.15, 0.2) is 0 Å². The number of benzene rings is 1. The summed E-state index contributed by atoms with van der Waals surface area (Å²) in [5, 5.41) is 3.13. The molecule has 2 rings (SSSR count). The van der Waals surface area contributed by atoms with Gasteiger partial charge in [-0.1, -0.05) is 24.3 Å². The number of hydrogen-bond donors (Lipinski definition) is 2. The maximum atomic E-state index is 12.0. The molecule has 1 fully saturated rings. The van der Waals surface area contributed by atoms with Crippen LogP contribution < -0.4 is 11.1 Å². The quantitative estimate of drug-likeness (QED) is 0.870. The minimum atomic E-state index is 0.118. The first-order chi connectivity index (χ1) is 8.79. The van der Waals surface area contributed by atoms with Crippen LogP contribution in [0.2, 0.25) is 0 Å². The Bertz CT molecular complexity index is 403. The SMILES string of the molecule is NCc1ccccc1CC(=O)NC1CCSCC1. The lowest BCUT2D eigenvalue weighted by Crippen LogP contribution is -2.38. The molecule has 0 aliphatic carbocycles. The van der Waals surface area contributed by atoms with Crippen molar-refractivity contribution in [3.8, 4) is 0 Å². The minimum absolute atomic E-state index is 0.118. The molecule has 4 heteroatoms. The molecular weight excluding hydrogens is 244 g/mol. The summed E-state index contributed by atoms with van der Waals surface area (Å²) in [6.07, 6.45) is 2.63. The highest BCUT2D eigenvalue weighted by molar-refractivity contribution is 7.99. The van der Waals surface area contributed by atoms with Gasteiger partial charge < -0.3 is 11.1 Å². The Morgan fingerprint density at radius 1 is 1.28 bits per heavy atom. The zero-order chi connectivity index (χ0) is 12.8. The number of carbonyl (C=O) groups is 1. The molecule has 3 N–H and O–H groups in total. The molecule has 0 aromatic heterocycles. The second-order valence-corrected chi connectivity index (χ2v) is 5.83. The fourth-order valence-electron chi connectivity index (χ4n) is 2.22. The number of rotatable bonds is 4. The first kappa shape index (κ1) is 13.4. The summed E-state index contributed by atoms with van der Waals surface area (Å²) in [5.74, 6) is 2.43. The first-order valence-corrected chi connectivity index (χ1v) is 7.59. The monoisotopic (exact) mass is 264 g/mol. The molecule has 0 bridgehead atoms. The van der Waals surface area contributed by atoms with E-state index in [1.54, 1.807) is 0 Å². The van der Waals surface area contributed by atoms with Crippen LogP contribution in [0.3, 0.4) is 0 Å². The van der Waals surface area contributed by atoms with Crippen molar-refractivity contribution in [1.29, 1.82) is 0 Å². The smallest absolute Gasteiger partial charge is 0.224 e. The van der Waals surface area contributed by atoms with E-state index in [-0.39, 0.29) is 5.91 Å². The molecule has 1 saturated heterocycles. The number of carbonyl (C=O) groups excluding carboxylic acids is 1. The van der Waals surface area contributed by atoms with Gasteiger partial charge in [0, 0.05) is 12.6 Å². The van der Waals surface area contributed by atoms with E-state index >= 15 is 0 Å². The molecule has 0 radical (unpaired) electrons. The lowest BCUT2D eigenvalue weighted by atomic mass is 10.0. The average Bonchev–Trinajstić information content (AvgIpc) is 2.40. The fraction of sp³-hybridized carbons (Fsp3) is 0.500. The van der Waals surface area contributed by atoms with Crippen LogP contribution in [0.1, 0.15) is 24.0 Å². The van der Waals surface area contributed by atoms with E-state index in [1.165, 1.54) is 0 Å². The molecule has 18 heavy (non-hydrogen) atoms. The van der Waals surface area contributed by atoms with Crippen molar-refractivity contribution in [2.24, 2.45) is 5.73 Å². The van der Waals surface area contributed by atoms with Crippen LogP contribution in [0.5, 0.6) is 0 Å². The molecule has 0 atom stereocenters. The van der Waals surface area contributed by atoms with Gasteiger partial charge in [-0.3, -0.25) is 4.79 Å². The van der Waals surface area contributed by atoms with Gasteiger partial charge in [0.25, 0.3) is 0 Å². The molecule has 1 aliphatic heterocycles. The highest BCUT2D eigenvalue weighted by Gasteiger charge is 2.16. The molecule has 1 aromatic rings. The van der Waals surface area contributed by atoms with Gasteiger partial charge >= 0.3 is 0 Å². The Labute approximate surface area is 113 Å². The summed E-state index contributed by atoms with van der Waals surface area (Å²) >= 11 is 1.97. The normalized spacial score (nSPS) is 16.5. The van der Waals surface area contributed by atoms with Crippen molar-refractivity contribution in [3.63, 3.8) is 0 Å². The van der Waals surface area contributed by atoms with Gasteiger partial charge in [0.1, 0.15) is 0 Å². The number of hydrogen-bond acceptors (Lipinski definition) is 3. The zero-order valence-corrected chi connectivity index (χ0v) is 11.3. The summed E-state index contributed by atoms with van der Waals surface area (Å²) < 4.78 is 0. The van der Waals surface area contributed by atoms with Gasteiger partial charge in [-0.25, -0.2) is 0 Å². The second-order valence-electron chi connectivity index (χ2n) is 4.60. The fourth-order valence-corrected chi connectivity index (χ4v) is 3.33. The molecule has 1 heterocycles. The van der Waals surface area contributed by atoms with Crippen LogP contribution in [0, 0.1) is 0 Å². The number of nitrogens with one attached hydrogen (secondary N) is 1. The maximum Gasteiger partial charge on any atom is 0.224 e. The van der Waals surface area contributed by atoms with Crippen molar-refractivity contribution < 1.29 is 4.79 Å². The molecule has 3 nitrogen and oxygen atoms in total. The molecule has 1 aliphatic rings. The standard InChI is InChI=1S/C14H20N2OS/c15-10-12-4-2-1-3-11(12)9-14(17)16-13-5-7-18-8-6-13/h1-4,13H,5-10,15H2,(H,16,17). The van der Waals surface area contributed by atoms with E-state index in [2.05, 4.69) is 5.32 Å². The lowest BCUT2D eigenvalue weighted by molar-refractivity contribution is -0.121. The van der Waals surface area contributed by atoms with E-state index < -0.39 is 0 Å². The first-order valence-electron chi connectivity index (χ1n) is 6.43. The molecule has 0 spiro atoms. The Kier molecular flexibility index (Phi) is 5.08. The van der Waals surface area contributed by atoms with Crippen LogP contribution in [0.25, 0.3) is 0 Å². The van der Waals surface area contributed by atoms with Gasteiger partial charge in [0.2, 0.25) is 5.91 Å². The van der Waals surface area contributed by atoms with Gasteiger partial charge in [-0.15, -0.1) is 0 Å². The summed E-state index contributed by atoms with van der Waals surface area (Å²) in [5.41, 5.74) is 7.78. The van der Waals surface area contributed by atoms with Crippen molar-refractivity contribution in [3.05, 3.63) is 35.4 Å². The van der Waals surface area contributed by atoms with Crippen LogP contribution >= 0.6 is 11.8 Å². The third-order valence-corrected chi connectivity index (χ3v) is 4.32. The molecule has 0 saturated carbocycles. The minimum Gasteiger partial charge on any atom is -0.353 e. The van der Waals surface area contributed by atoms with Crippen LogP contribution in [-0.2, 0) is 17.8 Å². The molecule has 1 amide bonds. The van der Waals surface area contributed by atoms with E-state index in [0.29, 0.717) is 19.0 Å². The Hall–Kier alpha value is -1.00. The van der Waals surface area contributed by atoms with Crippen LogP contribution in [0.15, 0.2) is 24.3 Å². The highest BCUT2D eigenvalue weighted by atomic mass is 32.2. The predicted molar refractivity (Wildman–Crippen MR) is 76.5 cm³/mol. The third-order valence-electron chi connectivity index (χ3n) is 3.28. The largest absolute Gasteiger partial charge is 0.353 e. The summed E-state index contributed by atoms with van der Waals surface area (Å²) in [4.78, 5) is 12.0. The summed E-state index contributed by atoms with van der Waals surface area (Å²) in [6, 6.07) is 8.25.